The topological polar surface area (TPSA) is 58.6 Å². The highest BCUT2D eigenvalue weighted by Crippen LogP contribution is 2.31. The molecule has 1 N–H and O–H groups in total. The van der Waals surface area contributed by atoms with E-state index in [9.17, 15) is 9.59 Å². The van der Waals surface area contributed by atoms with Crippen LogP contribution in [0.2, 0.25) is 0 Å². The van der Waals surface area contributed by atoms with Gasteiger partial charge in [0.15, 0.2) is 0 Å². The summed E-state index contributed by atoms with van der Waals surface area (Å²) in [5, 5.41) is 2.77. The van der Waals surface area contributed by atoms with Gasteiger partial charge in [0.25, 0.3) is 5.91 Å². The molecule has 3 rings (SSSR count). The Morgan fingerprint density at radius 3 is 2.59 bits per heavy atom. The Kier molecular flexibility index (Phi) is 7.21. The summed E-state index contributed by atoms with van der Waals surface area (Å²) in [6.45, 7) is 2.36. The molecule has 0 radical (unpaired) electrons. The van der Waals surface area contributed by atoms with Crippen LogP contribution in [0.15, 0.2) is 71.7 Å². The van der Waals surface area contributed by atoms with Crippen molar-refractivity contribution in [3.8, 4) is 5.75 Å². The zero-order valence-electron chi connectivity index (χ0n) is 15.8. The van der Waals surface area contributed by atoms with Crippen molar-refractivity contribution in [2.45, 2.75) is 6.92 Å². The zero-order chi connectivity index (χ0) is 20.6. The first-order chi connectivity index (χ1) is 14.1. The molecule has 0 atom stereocenters. The Labute approximate surface area is 179 Å². The molecule has 1 aliphatic heterocycles. The van der Waals surface area contributed by atoms with Crippen molar-refractivity contribution in [3.63, 3.8) is 0 Å². The van der Waals surface area contributed by atoms with Gasteiger partial charge in [0.2, 0.25) is 5.91 Å². The van der Waals surface area contributed by atoms with E-state index in [0.29, 0.717) is 21.5 Å². The molecule has 1 fully saturated rings. The van der Waals surface area contributed by atoms with Crippen LogP contribution < -0.4 is 10.1 Å². The molecule has 0 aromatic heterocycles. The van der Waals surface area contributed by atoms with Crippen LogP contribution in [0, 0.1) is 0 Å². The summed E-state index contributed by atoms with van der Waals surface area (Å²) in [5.41, 5.74) is 1.67. The van der Waals surface area contributed by atoms with Crippen LogP contribution in [0.25, 0.3) is 6.08 Å². The Morgan fingerprint density at radius 1 is 1.17 bits per heavy atom. The quantitative estimate of drug-likeness (QED) is 0.525. The minimum atomic E-state index is -0.313. The van der Waals surface area contributed by atoms with Gasteiger partial charge in [0.05, 0.1) is 11.5 Å². The largest absolute Gasteiger partial charge is 0.494 e. The average molecular weight is 425 g/mol. The summed E-state index contributed by atoms with van der Waals surface area (Å²) in [6, 6.07) is 16.8. The standard InChI is InChI=1S/C22H20N2O3S2/c1-2-27-18-13-11-17(12-14-18)23-20(25)15-24-21(26)19(29-22(24)28)10-6-9-16-7-4-3-5-8-16/h3-14H,2,15H2,1H3,(H,23,25). The minimum absolute atomic E-state index is 0.127. The SMILES string of the molecule is CCOc1ccc(NC(=O)CN2C(=O)C(=CC=Cc3ccccc3)SC2=S)cc1. The molecule has 29 heavy (non-hydrogen) atoms. The van der Waals surface area contributed by atoms with E-state index >= 15 is 0 Å². The van der Waals surface area contributed by atoms with Gasteiger partial charge in [-0.3, -0.25) is 14.5 Å². The van der Waals surface area contributed by atoms with Crippen molar-refractivity contribution in [1.82, 2.24) is 4.90 Å². The van der Waals surface area contributed by atoms with Crippen LogP contribution in [0.3, 0.4) is 0 Å². The maximum Gasteiger partial charge on any atom is 0.266 e. The van der Waals surface area contributed by atoms with E-state index in [4.69, 9.17) is 17.0 Å². The van der Waals surface area contributed by atoms with Crippen LogP contribution in [0.4, 0.5) is 5.69 Å². The first kappa shape index (κ1) is 20.8. The van der Waals surface area contributed by atoms with Crippen LogP contribution in [-0.2, 0) is 9.59 Å². The third-order valence-corrected chi connectivity index (χ3v) is 5.36. The Morgan fingerprint density at radius 2 is 1.90 bits per heavy atom. The van der Waals surface area contributed by atoms with Gasteiger partial charge in [-0.2, -0.15) is 0 Å². The van der Waals surface area contributed by atoms with Crippen molar-refractivity contribution < 1.29 is 14.3 Å². The molecule has 0 spiro atoms. The minimum Gasteiger partial charge on any atom is -0.494 e. The van der Waals surface area contributed by atoms with Crippen LogP contribution in [0.5, 0.6) is 5.75 Å². The molecular formula is C22H20N2O3S2. The molecule has 2 aromatic rings. The van der Waals surface area contributed by atoms with Crippen molar-refractivity contribution in [1.29, 1.82) is 0 Å². The molecular weight excluding hydrogens is 404 g/mol. The maximum atomic E-state index is 12.6. The summed E-state index contributed by atoms with van der Waals surface area (Å²) in [5.74, 6) is 0.155. The lowest BCUT2D eigenvalue weighted by molar-refractivity contribution is -0.126. The van der Waals surface area contributed by atoms with E-state index in [1.807, 2.05) is 49.4 Å². The fourth-order valence-corrected chi connectivity index (χ4v) is 3.81. The number of carbonyl (C=O) groups excluding carboxylic acids is 2. The van der Waals surface area contributed by atoms with Crippen molar-refractivity contribution >= 4 is 51.9 Å². The fraction of sp³-hybridized carbons (Fsp3) is 0.136. The number of rotatable bonds is 7. The highest BCUT2D eigenvalue weighted by atomic mass is 32.2. The number of hydrogen-bond donors (Lipinski definition) is 1. The van der Waals surface area contributed by atoms with Crippen molar-refractivity contribution in [2.24, 2.45) is 0 Å². The summed E-state index contributed by atoms with van der Waals surface area (Å²) in [6.07, 6.45) is 5.43. The van der Waals surface area contributed by atoms with E-state index in [1.165, 1.54) is 16.7 Å². The molecule has 5 nitrogen and oxygen atoms in total. The summed E-state index contributed by atoms with van der Waals surface area (Å²) in [7, 11) is 0. The zero-order valence-corrected chi connectivity index (χ0v) is 17.5. The van der Waals surface area contributed by atoms with Gasteiger partial charge in [-0.15, -0.1) is 0 Å². The number of ether oxygens (including phenoxy) is 1. The number of benzene rings is 2. The molecule has 2 amide bonds. The Balaban J connectivity index is 1.58. The predicted octanol–water partition coefficient (Wildman–Crippen LogP) is 4.48. The number of nitrogens with one attached hydrogen (secondary N) is 1. The van der Waals surface area contributed by atoms with Gasteiger partial charge >= 0.3 is 0 Å². The number of thiocarbonyl (C=S) groups is 1. The molecule has 1 heterocycles. The summed E-state index contributed by atoms with van der Waals surface area (Å²) < 4.78 is 5.75. The molecule has 0 saturated carbocycles. The first-order valence-electron chi connectivity index (χ1n) is 9.06. The normalized spacial score (nSPS) is 15.3. The summed E-state index contributed by atoms with van der Waals surface area (Å²) in [4.78, 5) is 26.7. The highest BCUT2D eigenvalue weighted by molar-refractivity contribution is 8.26. The van der Waals surface area contributed by atoms with E-state index in [-0.39, 0.29) is 18.4 Å². The number of allylic oxidation sites excluding steroid dienone is 2. The van der Waals surface area contributed by atoms with Crippen molar-refractivity contribution in [3.05, 3.63) is 77.2 Å². The number of carbonyl (C=O) groups is 2. The molecule has 0 unspecified atom stereocenters. The lowest BCUT2D eigenvalue weighted by Crippen LogP contribution is -2.36. The van der Waals surface area contributed by atoms with Gasteiger partial charge in [0.1, 0.15) is 16.6 Å². The second-order valence-corrected chi connectivity index (χ2v) is 7.74. The molecule has 1 saturated heterocycles. The van der Waals surface area contributed by atoms with Gasteiger partial charge in [-0.25, -0.2) is 0 Å². The lowest BCUT2D eigenvalue weighted by Gasteiger charge is -2.14. The van der Waals surface area contributed by atoms with Gasteiger partial charge in [-0.1, -0.05) is 66.5 Å². The van der Waals surface area contributed by atoms with E-state index < -0.39 is 0 Å². The van der Waals surface area contributed by atoms with Crippen LogP contribution in [0.1, 0.15) is 12.5 Å². The number of amides is 2. The smallest absolute Gasteiger partial charge is 0.266 e. The van der Waals surface area contributed by atoms with Gasteiger partial charge < -0.3 is 10.1 Å². The third-order valence-electron chi connectivity index (χ3n) is 3.96. The number of thioether (sulfide) groups is 1. The average Bonchev–Trinajstić information content (AvgIpc) is 2.98. The lowest BCUT2D eigenvalue weighted by atomic mass is 10.2. The second kappa shape index (κ2) is 10.0. The van der Waals surface area contributed by atoms with E-state index in [2.05, 4.69) is 5.32 Å². The monoisotopic (exact) mass is 424 g/mol. The molecule has 1 aliphatic rings. The van der Waals surface area contributed by atoms with Crippen molar-refractivity contribution in [2.75, 3.05) is 18.5 Å². The molecule has 7 heteroatoms. The first-order valence-corrected chi connectivity index (χ1v) is 10.3. The maximum absolute atomic E-state index is 12.6. The van der Waals surface area contributed by atoms with Gasteiger partial charge in [0, 0.05) is 5.69 Å². The second-order valence-electron chi connectivity index (χ2n) is 6.07. The Bertz CT molecular complexity index is 954. The molecule has 0 aliphatic carbocycles. The number of anilines is 1. The predicted molar refractivity (Wildman–Crippen MR) is 122 cm³/mol. The molecule has 0 bridgehead atoms. The summed E-state index contributed by atoms with van der Waals surface area (Å²) >= 11 is 6.47. The third kappa shape index (κ3) is 5.79. The highest BCUT2D eigenvalue weighted by Gasteiger charge is 2.33. The number of nitrogens with zero attached hydrogens (tertiary/aromatic N) is 1. The van der Waals surface area contributed by atoms with Crippen LogP contribution in [-0.4, -0.2) is 34.2 Å². The number of hydrogen-bond acceptors (Lipinski definition) is 5. The van der Waals surface area contributed by atoms with E-state index in [0.717, 1.165) is 11.3 Å². The van der Waals surface area contributed by atoms with Crippen LogP contribution >= 0.6 is 24.0 Å². The molecule has 2 aromatic carbocycles. The van der Waals surface area contributed by atoms with Gasteiger partial charge in [-0.05, 0) is 42.8 Å². The Hall–Kier alpha value is -2.90. The van der Waals surface area contributed by atoms with E-state index in [1.54, 1.807) is 30.3 Å². The fourth-order valence-electron chi connectivity index (χ4n) is 2.61. The molecule has 148 valence electrons.